The molecule has 0 radical (unpaired) electrons. The highest BCUT2D eigenvalue weighted by Gasteiger charge is 1.91. The van der Waals surface area contributed by atoms with E-state index in [-0.39, 0.29) is 12.8 Å². The number of aromatic nitrogens is 1. The molecule has 1 aromatic heterocycles. The second-order valence-electron chi connectivity index (χ2n) is 2.02. The summed E-state index contributed by atoms with van der Waals surface area (Å²) in [5.41, 5.74) is 4.47. The van der Waals surface area contributed by atoms with Gasteiger partial charge in [-0.3, -0.25) is 4.79 Å². The monoisotopic (exact) mass is 254 g/mol. The second kappa shape index (κ2) is 13.8. The van der Waals surface area contributed by atoms with Gasteiger partial charge in [-0.25, -0.2) is 9.37 Å². The maximum absolute atomic E-state index is 12.1. The molecular weight excluding hydrogens is 235 g/mol. The van der Waals surface area contributed by atoms with Crippen molar-refractivity contribution in [1.82, 2.24) is 4.98 Å². The molecule has 0 bridgehead atoms. The van der Waals surface area contributed by atoms with Gasteiger partial charge >= 0.3 is 0 Å². The third-order valence-corrected chi connectivity index (χ3v) is 1.22. The first-order chi connectivity index (χ1) is 7.06. The minimum absolute atomic E-state index is 0. The van der Waals surface area contributed by atoms with Crippen molar-refractivity contribution in [2.24, 2.45) is 5.73 Å². The van der Waals surface area contributed by atoms with Gasteiger partial charge in [-0.1, -0.05) is 13.8 Å². The number of amides is 1. The second-order valence-corrected chi connectivity index (χ2v) is 2.62. The molecule has 7 heteroatoms. The highest BCUT2D eigenvalue weighted by atomic mass is 32.2. The number of carbonyl (C=O) groups is 1. The number of primary amides is 1. The van der Waals surface area contributed by atoms with Crippen molar-refractivity contribution < 1.29 is 20.6 Å². The molecule has 1 rings (SSSR count). The zero-order valence-electron chi connectivity index (χ0n) is 9.40. The number of nitrogens with two attached hydrogens (primary N) is 1. The van der Waals surface area contributed by atoms with Crippen LogP contribution in [0.25, 0.3) is 0 Å². The number of hydrogen-bond acceptors (Lipinski definition) is 4. The van der Waals surface area contributed by atoms with Crippen LogP contribution in [0.4, 0.5) is 4.39 Å². The van der Waals surface area contributed by atoms with Crippen molar-refractivity contribution in [2.45, 2.75) is 25.8 Å². The first kappa shape index (κ1) is 20.3. The fourth-order valence-corrected chi connectivity index (χ4v) is 0.645. The first-order valence-corrected chi connectivity index (χ1v) is 5.02. The molecule has 16 heavy (non-hydrogen) atoms. The van der Waals surface area contributed by atoms with Gasteiger partial charge < -0.3 is 15.8 Å². The van der Waals surface area contributed by atoms with Crippen molar-refractivity contribution in [3.8, 4) is 0 Å². The van der Waals surface area contributed by atoms with E-state index in [1.165, 1.54) is 19.1 Å². The van der Waals surface area contributed by atoms with Gasteiger partial charge in [-0.15, -0.1) is 0 Å². The van der Waals surface area contributed by atoms with Crippen molar-refractivity contribution in [3.63, 3.8) is 0 Å². The van der Waals surface area contributed by atoms with Crippen LogP contribution in [0.15, 0.2) is 23.4 Å². The summed E-state index contributed by atoms with van der Waals surface area (Å²) in [7, 11) is 0. The normalized spacial score (nSPS) is 7.31. The van der Waals surface area contributed by atoms with Gasteiger partial charge in [0.2, 0.25) is 5.91 Å². The van der Waals surface area contributed by atoms with Gasteiger partial charge in [0, 0.05) is 20.4 Å². The van der Waals surface area contributed by atoms with Crippen LogP contribution in [0.5, 0.6) is 0 Å². The lowest BCUT2D eigenvalue weighted by molar-refractivity contribution is -0.115. The highest BCUT2D eigenvalue weighted by Crippen LogP contribution is 2.09. The summed E-state index contributed by atoms with van der Waals surface area (Å²) >= 11 is 0.500. The number of pyridine rings is 1. The first-order valence-electron chi connectivity index (χ1n) is 4.25. The summed E-state index contributed by atoms with van der Waals surface area (Å²) in [5, 5.41) is 0.399. The Morgan fingerprint density at radius 3 is 2.25 bits per heavy atom. The van der Waals surface area contributed by atoms with E-state index in [9.17, 15) is 9.18 Å². The minimum Gasteiger partial charge on any atom is -0.412 e. The molecule has 96 valence electrons. The van der Waals surface area contributed by atoms with E-state index in [1.54, 1.807) is 0 Å². The lowest BCUT2D eigenvalue weighted by Crippen LogP contribution is -2.01. The summed E-state index contributed by atoms with van der Waals surface area (Å²) < 4.78 is 20.4. The van der Waals surface area contributed by atoms with E-state index >= 15 is 0 Å². The van der Waals surface area contributed by atoms with E-state index < -0.39 is 5.82 Å². The zero-order chi connectivity index (χ0) is 12.3. The Morgan fingerprint density at radius 2 is 2.00 bits per heavy atom. The van der Waals surface area contributed by atoms with Crippen LogP contribution in [0.2, 0.25) is 0 Å². The fourth-order valence-electron chi connectivity index (χ4n) is 0.416. The lowest BCUT2D eigenvalue weighted by atomic mass is 10.5. The summed E-state index contributed by atoms with van der Waals surface area (Å²) in [6.07, 6.45) is 1.05. The topological polar surface area (TPSA) is 108 Å². The average molecular weight is 254 g/mol. The largest absolute Gasteiger partial charge is 0.412 e. The molecule has 0 spiro atoms. The molecule has 0 aliphatic rings. The molecule has 0 aliphatic carbocycles. The smallest absolute Gasteiger partial charge is 0.214 e. The molecule has 0 saturated heterocycles. The van der Waals surface area contributed by atoms with Crippen LogP contribution in [0.3, 0.4) is 0 Å². The molecule has 5 N–H and O–H groups in total. The summed E-state index contributed by atoms with van der Waals surface area (Å²) in [6, 6.07) is 2.64. The number of nitrogens with zero attached hydrogens (tertiary/aromatic N) is 1. The Labute approximate surface area is 99.9 Å². The SMILES string of the molecule is CC.CC(N)=O.O.OSc1ccc(F)cn1.[HH]. The highest BCUT2D eigenvalue weighted by molar-refractivity contribution is 7.93. The van der Waals surface area contributed by atoms with E-state index in [4.69, 9.17) is 4.55 Å². The maximum atomic E-state index is 12.1. The molecule has 1 aromatic rings. The Bertz CT molecular complexity index is 271. The van der Waals surface area contributed by atoms with Crippen molar-refractivity contribution in [2.75, 3.05) is 0 Å². The predicted octanol–water partition coefficient (Wildman–Crippen LogP) is 1.72. The summed E-state index contributed by atoms with van der Waals surface area (Å²) in [4.78, 5) is 12.8. The van der Waals surface area contributed by atoms with Gasteiger partial charge in [0.1, 0.15) is 10.8 Å². The average Bonchev–Trinajstić information content (AvgIpc) is 2.21. The Balaban J connectivity index is -0.0000000925. The molecule has 0 unspecified atom stereocenters. The molecular formula is C9H19FN2O3S. The summed E-state index contributed by atoms with van der Waals surface area (Å²) in [5.74, 6) is -0.729. The van der Waals surface area contributed by atoms with Crippen molar-refractivity contribution >= 4 is 17.9 Å². The molecule has 1 amide bonds. The van der Waals surface area contributed by atoms with Crippen molar-refractivity contribution in [1.29, 1.82) is 0 Å². The molecule has 0 aliphatic heterocycles. The molecule has 1 heterocycles. The van der Waals surface area contributed by atoms with Crippen LogP contribution in [-0.4, -0.2) is 20.9 Å². The number of hydrogen-bond donors (Lipinski definition) is 2. The predicted molar refractivity (Wildman–Crippen MR) is 64.6 cm³/mol. The third kappa shape index (κ3) is 15.3. The van der Waals surface area contributed by atoms with E-state index in [0.717, 1.165) is 6.20 Å². The van der Waals surface area contributed by atoms with Gasteiger partial charge in [0.15, 0.2) is 0 Å². The van der Waals surface area contributed by atoms with Gasteiger partial charge in [-0.2, -0.15) is 0 Å². The molecule has 0 saturated carbocycles. The quantitative estimate of drug-likeness (QED) is 0.744. The van der Waals surface area contributed by atoms with E-state index in [2.05, 4.69) is 10.7 Å². The zero-order valence-corrected chi connectivity index (χ0v) is 10.2. The Kier molecular flexibility index (Phi) is 17.5. The summed E-state index contributed by atoms with van der Waals surface area (Å²) in [6.45, 7) is 5.31. The lowest BCUT2D eigenvalue weighted by Gasteiger charge is -1.89. The molecule has 0 fully saturated rings. The van der Waals surface area contributed by atoms with E-state index in [0.29, 0.717) is 17.1 Å². The third-order valence-electron chi connectivity index (χ3n) is 0.794. The van der Waals surface area contributed by atoms with Crippen LogP contribution in [0.1, 0.15) is 22.2 Å². The number of carbonyl (C=O) groups excluding carboxylic acids is 1. The van der Waals surface area contributed by atoms with Crippen LogP contribution < -0.4 is 5.73 Å². The van der Waals surface area contributed by atoms with Crippen LogP contribution in [-0.2, 0) is 4.79 Å². The van der Waals surface area contributed by atoms with Crippen LogP contribution >= 0.6 is 12.0 Å². The minimum atomic E-state index is -0.396. The fraction of sp³-hybridized carbons (Fsp3) is 0.333. The standard InChI is InChI=1S/C5H4FNOS.C2H5NO.C2H6.H2O.H2/c6-4-1-2-5(9-8)7-3-4;1-2(3)4;1-2;;/h1-3,8H;1H3,(H2,3,4);1-2H3;1H2;1H. The van der Waals surface area contributed by atoms with Gasteiger partial charge in [0.25, 0.3) is 0 Å². The van der Waals surface area contributed by atoms with Gasteiger partial charge in [0.05, 0.1) is 6.20 Å². The van der Waals surface area contributed by atoms with Gasteiger partial charge in [-0.05, 0) is 12.1 Å². The number of rotatable bonds is 1. The number of halogens is 1. The van der Waals surface area contributed by atoms with E-state index in [1.807, 2.05) is 13.8 Å². The Morgan fingerprint density at radius 1 is 1.56 bits per heavy atom. The molecule has 0 aromatic carbocycles. The Hall–Kier alpha value is -1.18. The van der Waals surface area contributed by atoms with Crippen molar-refractivity contribution in [3.05, 3.63) is 24.1 Å². The molecule has 5 nitrogen and oxygen atoms in total. The maximum Gasteiger partial charge on any atom is 0.214 e. The molecule has 0 atom stereocenters. The van der Waals surface area contributed by atoms with Crippen LogP contribution in [0, 0.1) is 5.82 Å².